The average molecular weight is 313 g/mol. The molecule has 1 aliphatic rings. The van der Waals surface area contributed by atoms with E-state index in [9.17, 15) is 9.59 Å². The molecule has 5 nitrogen and oxygen atoms in total. The summed E-state index contributed by atoms with van der Waals surface area (Å²) in [7, 11) is 4.64. The number of para-hydroxylation sites is 1. The Hall–Kier alpha value is -2.56. The molecule has 0 fully saturated rings. The van der Waals surface area contributed by atoms with E-state index >= 15 is 0 Å². The number of ether oxygens (including phenoxy) is 2. The number of hydrogen-bond donors (Lipinski definition) is 0. The first-order valence-corrected chi connectivity index (χ1v) is 7.48. The molecule has 0 aliphatic heterocycles. The van der Waals surface area contributed by atoms with Gasteiger partial charge in [0.05, 0.1) is 25.4 Å². The van der Waals surface area contributed by atoms with Crippen LogP contribution in [0.15, 0.2) is 29.8 Å². The number of carbonyl (C=O) groups excluding carboxylic acids is 2. The number of hydrogen-bond acceptors (Lipinski definition) is 4. The van der Waals surface area contributed by atoms with Crippen molar-refractivity contribution < 1.29 is 19.1 Å². The highest BCUT2D eigenvalue weighted by Crippen LogP contribution is 2.44. The molecule has 0 bridgehead atoms. The fourth-order valence-electron chi connectivity index (χ4n) is 3.54. The van der Waals surface area contributed by atoms with Crippen LogP contribution in [0.1, 0.15) is 30.5 Å². The molecule has 0 radical (unpaired) electrons. The molecule has 3 rings (SSSR count). The normalized spacial score (nSPS) is 17.1. The van der Waals surface area contributed by atoms with Crippen molar-refractivity contribution in [2.45, 2.75) is 19.3 Å². The number of nitrogens with zero attached hydrogens (tertiary/aromatic N) is 1. The molecule has 2 aromatic rings. The first kappa shape index (κ1) is 15.3. The Kier molecular flexibility index (Phi) is 3.72. The lowest BCUT2D eigenvalue weighted by Crippen LogP contribution is -2.21. The predicted octanol–water partition coefficient (Wildman–Crippen LogP) is 2.79. The van der Waals surface area contributed by atoms with Crippen LogP contribution in [0.3, 0.4) is 0 Å². The van der Waals surface area contributed by atoms with Gasteiger partial charge in [0.15, 0.2) is 0 Å². The fraction of sp³-hybridized carbons (Fsp3) is 0.333. The van der Waals surface area contributed by atoms with Crippen LogP contribution in [0.5, 0.6) is 0 Å². The summed E-state index contributed by atoms with van der Waals surface area (Å²) in [5.74, 6) is -0.879. The number of benzene rings is 1. The SMILES string of the molecule is COC(=O)C1=C(C(=O)OC)c2c(n(C)c3ccccc23)C(C)C1. The quantitative estimate of drug-likeness (QED) is 0.800. The van der Waals surface area contributed by atoms with Crippen molar-refractivity contribution in [3.8, 4) is 0 Å². The number of rotatable bonds is 2. The smallest absolute Gasteiger partial charge is 0.339 e. The summed E-state index contributed by atoms with van der Waals surface area (Å²) in [5.41, 5.74) is 3.56. The third-order valence-corrected chi connectivity index (χ3v) is 4.50. The third kappa shape index (κ3) is 2.15. The Morgan fingerprint density at radius 1 is 1.13 bits per heavy atom. The number of carbonyl (C=O) groups is 2. The minimum absolute atomic E-state index is 0.102. The summed E-state index contributed by atoms with van der Waals surface area (Å²) < 4.78 is 11.9. The zero-order valence-corrected chi connectivity index (χ0v) is 13.7. The maximum atomic E-state index is 12.4. The molecule has 0 amide bonds. The highest BCUT2D eigenvalue weighted by Gasteiger charge is 2.36. The van der Waals surface area contributed by atoms with Gasteiger partial charge in [-0.15, -0.1) is 0 Å². The van der Waals surface area contributed by atoms with E-state index in [1.807, 2.05) is 31.3 Å². The van der Waals surface area contributed by atoms with E-state index in [2.05, 4.69) is 11.5 Å². The summed E-state index contributed by atoms with van der Waals surface area (Å²) in [6, 6.07) is 7.85. The van der Waals surface area contributed by atoms with Crippen molar-refractivity contribution >= 4 is 28.4 Å². The first-order valence-electron chi connectivity index (χ1n) is 7.48. The van der Waals surface area contributed by atoms with Crippen LogP contribution in [0, 0.1) is 0 Å². The molecular formula is C18H19NO4. The Labute approximate surface area is 134 Å². The van der Waals surface area contributed by atoms with E-state index in [-0.39, 0.29) is 5.92 Å². The molecule has 1 unspecified atom stereocenters. The zero-order chi connectivity index (χ0) is 16.7. The number of methoxy groups -OCH3 is 2. The van der Waals surface area contributed by atoms with E-state index in [0.717, 1.165) is 22.2 Å². The highest BCUT2D eigenvalue weighted by molar-refractivity contribution is 6.26. The molecule has 120 valence electrons. The first-order chi connectivity index (χ1) is 11.0. The van der Waals surface area contributed by atoms with Gasteiger partial charge in [-0.25, -0.2) is 9.59 Å². The van der Waals surface area contributed by atoms with Gasteiger partial charge in [-0.05, 0) is 12.5 Å². The lowest BCUT2D eigenvalue weighted by Gasteiger charge is -2.24. The number of aryl methyl sites for hydroxylation is 1. The summed E-state index contributed by atoms with van der Waals surface area (Å²) in [4.78, 5) is 24.6. The molecule has 1 aliphatic carbocycles. The van der Waals surface area contributed by atoms with Crippen LogP contribution in [0.2, 0.25) is 0 Å². The molecule has 1 aromatic carbocycles. The second-order valence-electron chi connectivity index (χ2n) is 5.78. The van der Waals surface area contributed by atoms with Gasteiger partial charge in [-0.2, -0.15) is 0 Å². The maximum absolute atomic E-state index is 12.4. The third-order valence-electron chi connectivity index (χ3n) is 4.50. The van der Waals surface area contributed by atoms with Gasteiger partial charge in [-0.3, -0.25) is 0 Å². The van der Waals surface area contributed by atoms with Gasteiger partial charge in [0, 0.05) is 35.1 Å². The van der Waals surface area contributed by atoms with Gasteiger partial charge in [-0.1, -0.05) is 25.1 Å². The molecule has 0 N–H and O–H groups in total. The second kappa shape index (κ2) is 5.57. The van der Waals surface area contributed by atoms with Gasteiger partial charge < -0.3 is 14.0 Å². The van der Waals surface area contributed by atoms with Crippen LogP contribution in [0.25, 0.3) is 16.5 Å². The fourth-order valence-corrected chi connectivity index (χ4v) is 3.54. The maximum Gasteiger partial charge on any atom is 0.339 e. The van der Waals surface area contributed by atoms with E-state index in [0.29, 0.717) is 17.6 Å². The minimum atomic E-state index is -0.505. The molecule has 1 atom stereocenters. The van der Waals surface area contributed by atoms with Crippen LogP contribution >= 0.6 is 0 Å². The Balaban J connectivity index is 2.43. The summed E-state index contributed by atoms with van der Waals surface area (Å²) in [6.45, 7) is 2.05. The highest BCUT2D eigenvalue weighted by atomic mass is 16.5. The second-order valence-corrected chi connectivity index (χ2v) is 5.78. The zero-order valence-electron chi connectivity index (χ0n) is 13.7. The van der Waals surface area contributed by atoms with E-state index in [1.54, 1.807) is 0 Å². The minimum Gasteiger partial charge on any atom is -0.466 e. The van der Waals surface area contributed by atoms with Gasteiger partial charge >= 0.3 is 11.9 Å². The lowest BCUT2D eigenvalue weighted by atomic mass is 9.82. The van der Waals surface area contributed by atoms with Crippen molar-refractivity contribution in [2.75, 3.05) is 14.2 Å². The molecule has 0 saturated heterocycles. The predicted molar refractivity (Wildman–Crippen MR) is 86.9 cm³/mol. The lowest BCUT2D eigenvalue weighted by molar-refractivity contribution is -0.138. The monoisotopic (exact) mass is 313 g/mol. The number of aromatic nitrogens is 1. The van der Waals surface area contributed by atoms with Gasteiger partial charge in [0.1, 0.15) is 0 Å². The van der Waals surface area contributed by atoms with E-state index in [1.165, 1.54) is 14.2 Å². The molecule has 1 heterocycles. The summed E-state index contributed by atoms with van der Waals surface area (Å²) in [6.07, 6.45) is 0.453. The summed E-state index contributed by atoms with van der Waals surface area (Å²) >= 11 is 0. The molecule has 0 saturated carbocycles. The van der Waals surface area contributed by atoms with Crippen molar-refractivity contribution in [2.24, 2.45) is 7.05 Å². The molecule has 5 heteroatoms. The van der Waals surface area contributed by atoms with Crippen LogP contribution < -0.4 is 0 Å². The van der Waals surface area contributed by atoms with Crippen molar-refractivity contribution in [1.82, 2.24) is 4.57 Å². The Morgan fingerprint density at radius 2 is 1.78 bits per heavy atom. The van der Waals surface area contributed by atoms with E-state index < -0.39 is 11.9 Å². The number of fused-ring (bicyclic) bond motifs is 3. The Bertz CT molecular complexity index is 844. The molecule has 1 aromatic heterocycles. The average Bonchev–Trinajstić information content (AvgIpc) is 2.87. The molecule has 0 spiro atoms. The van der Waals surface area contributed by atoms with Crippen molar-refractivity contribution in [1.29, 1.82) is 0 Å². The largest absolute Gasteiger partial charge is 0.466 e. The van der Waals surface area contributed by atoms with Crippen molar-refractivity contribution in [3.63, 3.8) is 0 Å². The van der Waals surface area contributed by atoms with E-state index in [4.69, 9.17) is 9.47 Å². The summed E-state index contributed by atoms with van der Waals surface area (Å²) in [5, 5.41) is 0.943. The van der Waals surface area contributed by atoms with Crippen molar-refractivity contribution in [3.05, 3.63) is 41.1 Å². The Morgan fingerprint density at radius 3 is 2.43 bits per heavy atom. The molecule has 23 heavy (non-hydrogen) atoms. The number of esters is 2. The van der Waals surface area contributed by atoms with Gasteiger partial charge in [0.25, 0.3) is 0 Å². The van der Waals surface area contributed by atoms with Crippen LogP contribution in [-0.2, 0) is 26.1 Å². The standard InChI is InChI=1S/C18H19NO4/c1-10-9-12(17(20)22-3)15(18(21)23-4)14-11-7-5-6-8-13(11)19(2)16(10)14/h5-8,10H,9H2,1-4H3. The topological polar surface area (TPSA) is 57.5 Å². The molecular weight excluding hydrogens is 294 g/mol. The van der Waals surface area contributed by atoms with Crippen LogP contribution in [0.4, 0.5) is 0 Å². The van der Waals surface area contributed by atoms with Crippen LogP contribution in [-0.4, -0.2) is 30.7 Å². The van der Waals surface area contributed by atoms with Gasteiger partial charge in [0.2, 0.25) is 0 Å².